The first-order chi connectivity index (χ1) is 15.1. The summed E-state index contributed by atoms with van der Waals surface area (Å²) < 4.78 is 5.86. The molecule has 7 heteroatoms. The number of hydrogen-bond donors (Lipinski definition) is 1. The van der Waals surface area contributed by atoms with Gasteiger partial charge in [-0.1, -0.05) is 65.7 Å². The molecule has 1 heterocycles. The van der Waals surface area contributed by atoms with Crippen LogP contribution in [0, 0.1) is 5.92 Å². The lowest BCUT2D eigenvalue weighted by Gasteiger charge is -2.08. The molecule has 1 N–H and O–H groups in total. The van der Waals surface area contributed by atoms with Gasteiger partial charge in [0.15, 0.2) is 0 Å². The number of hydrogen-bond acceptors (Lipinski definition) is 4. The number of amides is 1. The van der Waals surface area contributed by atoms with Crippen LogP contribution in [0.25, 0.3) is 22.9 Å². The molecule has 1 aliphatic carbocycles. The SMILES string of the molecule is O=C(Nc1ccccc1-c1nnc(-c2ccc(Cl)c(Cl)c2)o1)[C@H]1C[C@H]1c1ccccc1. The van der Waals surface area contributed by atoms with Crippen LogP contribution in [-0.2, 0) is 4.79 Å². The number of anilines is 1. The summed E-state index contributed by atoms with van der Waals surface area (Å²) in [5.41, 5.74) is 3.15. The van der Waals surface area contributed by atoms with E-state index >= 15 is 0 Å². The van der Waals surface area contributed by atoms with E-state index in [9.17, 15) is 4.79 Å². The smallest absolute Gasteiger partial charge is 0.250 e. The zero-order chi connectivity index (χ0) is 21.4. The number of nitrogens with one attached hydrogen (secondary N) is 1. The predicted octanol–water partition coefficient (Wildman–Crippen LogP) is 6.45. The normalized spacial score (nSPS) is 17.4. The molecule has 0 bridgehead atoms. The Morgan fingerprint density at radius 3 is 2.45 bits per heavy atom. The molecule has 0 spiro atoms. The van der Waals surface area contributed by atoms with Crippen LogP contribution in [0.3, 0.4) is 0 Å². The average Bonchev–Trinajstić information content (AvgIpc) is 3.46. The van der Waals surface area contributed by atoms with Gasteiger partial charge in [0.05, 0.1) is 21.3 Å². The van der Waals surface area contributed by atoms with E-state index < -0.39 is 0 Å². The molecule has 4 aromatic rings. The monoisotopic (exact) mass is 449 g/mol. The van der Waals surface area contributed by atoms with Gasteiger partial charge >= 0.3 is 0 Å². The molecule has 1 amide bonds. The maximum Gasteiger partial charge on any atom is 0.250 e. The van der Waals surface area contributed by atoms with E-state index in [0.29, 0.717) is 38.6 Å². The Bertz CT molecular complexity index is 1260. The van der Waals surface area contributed by atoms with Gasteiger partial charge in [0.25, 0.3) is 0 Å². The van der Waals surface area contributed by atoms with Crippen LogP contribution in [0.15, 0.2) is 77.2 Å². The van der Waals surface area contributed by atoms with E-state index in [4.69, 9.17) is 27.6 Å². The molecule has 1 saturated carbocycles. The van der Waals surface area contributed by atoms with Crippen LogP contribution >= 0.6 is 23.2 Å². The van der Waals surface area contributed by atoms with Gasteiger partial charge in [0.1, 0.15) is 0 Å². The fraction of sp³-hybridized carbons (Fsp3) is 0.125. The molecule has 1 aliphatic rings. The number of carbonyl (C=O) groups excluding carboxylic acids is 1. The summed E-state index contributed by atoms with van der Waals surface area (Å²) in [4.78, 5) is 12.8. The largest absolute Gasteiger partial charge is 0.416 e. The number of aromatic nitrogens is 2. The number of benzene rings is 3. The van der Waals surface area contributed by atoms with Crippen LogP contribution < -0.4 is 5.32 Å². The number of para-hydroxylation sites is 1. The Kier molecular flexibility index (Phi) is 5.22. The number of carbonyl (C=O) groups is 1. The fourth-order valence-electron chi connectivity index (χ4n) is 3.64. The minimum absolute atomic E-state index is 0.00877. The first-order valence-corrected chi connectivity index (χ1v) is 10.6. The Morgan fingerprint density at radius 2 is 1.65 bits per heavy atom. The maximum atomic E-state index is 12.8. The summed E-state index contributed by atoms with van der Waals surface area (Å²) >= 11 is 12.1. The standard InChI is InChI=1S/C24H17Cl2N3O2/c25-19-11-10-15(12-20(19)26)23-28-29-24(31-23)16-8-4-5-9-21(16)27-22(30)18-13-17(18)14-6-2-1-3-7-14/h1-12,17-18H,13H2,(H,27,30)/t17-,18-/m0/s1. The van der Waals surface area contributed by atoms with Gasteiger partial charge < -0.3 is 9.73 Å². The number of nitrogens with zero attached hydrogens (tertiary/aromatic N) is 2. The third kappa shape index (κ3) is 4.07. The van der Waals surface area contributed by atoms with Crippen molar-refractivity contribution >= 4 is 34.8 Å². The Hall–Kier alpha value is -3.15. The molecular weight excluding hydrogens is 433 g/mol. The molecule has 5 nitrogen and oxygen atoms in total. The van der Waals surface area contributed by atoms with Crippen molar-refractivity contribution in [2.45, 2.75) is 12.3 Å². The van der Waals surface area contributed by atoms with Crippen molar-refractivity contribution in [3.05, 3.63) is 88.4 Å². The van der Waals surface area contributed by atoms with Crippen molar-refractivity contribution in [1.29, 1.82) is 0 Å². The van der Waals surface area contributed by atoms with Crippen LogP contribution in [0.2, 0.25) is 10.0 Å². The molecule has 1 aromatic heterocycles. The summed E-state index contributed by atoms with van der Waals surface area (Å²) in [6.45, 7) is 0. The second-order valence-corrected chi connectivity index (χ2v) is 8.25. The highest BCUT2D eigenvalue weighted by Crippen LogP contribution is 2.48. The summed E-state index contributed by atoms with van der Waals surface area (Å²) in [5.74, 6) is 0.849. The molecule has 31 heavy (non-hydrogen) atoms. The van der Waals surface area contributed by atoms with Gasteiger partial charge in [0.2, 0.25) is 17.7 Å². The molecule has 0 aliphatic heterocycles. The molecule has 0 radical (unpaired) electrons. The number of rotatable bonds is 5. The topological polar surface area (TPSA) is 68.0 Å². The highest BCUT2D eigenvalue weighted by molar-refractivity contribution is 6.42. The van der Waals surface area contributed by atoms with E-state index in [1.54, 1.807) is 18.2 Å². The fourth-order valence-corrected chi connectivity index (χ4v) is 3.93. The minimum Gasteiger partial charge on any atom is -0.416 e. The Balaban J connectivity index is 1.36. The zero-order valence-corrected chi connectivity index (χ0v) is 17.8. The second-order valence-electron chi connectivity index (χ2n) is 7.44. The van der Waals surface area contributed by atoms with Gasteiger partial charge in [-0.05, 0) is 48.2 Å². The van der Waals surface area contributed by atoms with Crippen LogP contribution in [0.5, 0.6) is 0 Å². The molecule has 0 unspecified atom stereocenters. The average molecular weight is 450 g/mol. The van der Waals surface area contributed by atoms with Crippen molar-refractivity contribution < 1.29 is 9.21 Å². The number of halogens is 2. The maximum absolute atomic E-state index is 12.8. The summed E-state index contributed by atoms with van der Waals surface area (Å²) in [5, 5.41) is 12.2. The second kappa shape index (κ2) is 8.17. The first-order valence-electron chi connectivity index (χ1n) is 9.84. The van der Waals surface area contributed by atoms with E-state index in [-0.39, 0.29) is 17.7 Å². The third-order valence-electron chi connectivity index (χ3n) is 5.36. The highest BCUT2D eigenvalue weighted by Gasteiger charge is 2.44. The van der Waals surface area contributed by atoms with Gasteiger partial charge in [0, 0.05) is 11.5 Å². The predicted molar refractivity (Wildman–Crippen MR) is 121 cm³/mol. The lowest BCUT2D eigenvalue weighted by molar-refractivity contribution is -0.117. The molecule has 0 saturated heterocycles. The Labute approximate surface area is 189 Å². The third-order valence-corrected chi connectivity index (χ3v) is 6.10. The van der Waals surface area contributed by atoms with Crippen molar-refractivity contribution in [3.8, 4) is 22.9 Å². The van der Waals surface area contributed by atoms with Gasteiger partial charge in [-0.2, -0.15) is 0 Å². The molecule has 154 valence electrons. The first kappa shape index (κ1) is 19.8. The van der Waals surface area contributed by atoms with Gasteiger partial charge in [-0.15, -0.1) is 10.2 Å². The van der Waals surface area contributed by atoms with Crippen LogP contribution in [0.4, 0.5) is 5.69 Å². The molecular formula is C24H17Cl2N3O2. The summed E-state index contributed by atoms with van der Waals surface area (Å²) in [6.07, 6.45) is 0.847. The van der Waals surface area contributed by atoms with Crippen molar-refractivity contribution in [1.82, 2.24) is 10.2 Å². The van der Waals surface area contributed by atoms with E-state index in [1.807, 2.05) is 42.5 Å². The minimum atomic E-state index is -0.0371. The van der Waals surface area contributed by atoms with Crippen LogP contribution in [0.1, 0.15) is 17.9 Å². The highest BCUT2D eigenvalue weighted by atomic mass is 35.5. The summed E-state index contributed by atoms with van der Waals surface area (Å²) in [6, 6.07) is 22.6. The molecule has 3 aromatic carbocycles. The molecule has 2 atom stereocenters. The zero-order valence-electron chi connectivity index (χ0n) is 16.3. The van der Waals surface area contributed by atoms with Crippen molar-refractivity contribution in [2.75, 3.05) is 5.32 Å². The van der Waals surface area contributed by atoms with Crippen LogP contribution in [-0.4, -0.2) is 16.1 Å². The lowest BCUT2D eigenvalue weighted by atomic mass is 10.1. The van der Waals surface area contributed by atoms with E-state index in [0.717, 1.165) is 6.42 Å². The van der Waals surface area contributed by atoms with E-state index in [1.165, 1.54) is 5.56 Å². The van der Waals surface area contributed by atoms with Gasteiger partial charge in [-0.25, -0.2) is 0 Å². The lowest BCUT2D eigenvalue weighted by Crippen LogP contribution is -2.15. The molecule has 1 fully saturated rings. The Morgan fingerprint density at radius 1 is 0.903 bits per heavy atom. The van der Waals surface area contributed by atoms with E-state index in [2.05, 4.69) is 27.6 Å². The quantitative estimate of drug-likeness (QED) is 0.379. The summed E-state index contributed by atoms with van der Waals surface area (Å²) in [7, 11) is 0. The molecule has 5 rings (SSSR count). The van der Waals surface area contributed by atoms with Gasteiger partial charge in [-0.3, -0.25) is 4.79 Å². The van der Waals surface area contributed by atoms with Crippen molar-refractivity contribution in [2.24, 2.45) is 5.92 Å². The van der Waals surface area contributed by atoms with Crippen molar-refractivity contribution in [3.63, 3.8) is 0 Å².